The Bertz CT molecular complexity index is 1110. The zero-order valence-corrected chi connectivity index (χ0v) is 20.9. The molecule has 0 bridgehead atoms. The molecular formula is C25H30BrN3O3. The predicted molar refractivity (Wildman–Crippen MR) is 130 cm³/mol. The van der Waals surface area contributed by atoms with Crippen molar-refractivity contribution in [2.75, 3.05) is 13.7 Å². The van der Waals surface area contributed by atoms with E-state index in [9.17, 15) is 4.79 Å². The number of halogens is 1. The summed E-state index contributed by atoms with van der Waals surface area (Å²) >= 11 is 3.54. The summed E-state index contributed by atoms with van der Waals surface area (Å²) in [6.07, 6.45) is 0.791. The number of aryl methyl sites for hydroxylation is 4. The van der Waals surface area contributed by atoms with Gasteiger partial charge in [0.05, 0.1) is 17.3 Å². The molecule has 0 saturated heterocycles. The molecule has 3 aromatic rings. The lowest BCUT2D eigenvalue weighted by Crippen LogP contribution is -2.25. The molecule has 0 spiro atoms. The number of methoxy groups -OCH3 is 1. The van der Waals surface area contributed by atoms with Crippen LogP contribution in [0.4, 0.5) is 0 Å². The molecule has 3 rings (SSSR count). The first-order chi connectivity index (χ1) is 15.3. The van der Waals surface area contributed by atoms with Gasteiger partial charge in [-0.3, -0.25) is 9.48 Å². The zero-order chi connectivity index (χ0) is 23.3. The van der Waals surface area contributed by atoms with E-state index >= 15 is 0 Å². The van der Waals surface area contributed by atoms with Crippen LogP contribution in [0.15, 0.2) is 40.9 Å². The Balaban J connectivity index is 1.60. The van der Waals surface area contributed by atoms with Crippen LogP contribution in [0, 0.1) is 27.7 Å². The fourth-order valence-corrected chi connectivity index (χ4v) is 3.76. The minimum atomic E-state index is -0.116. The lowest BCUT2D eigenvalue weighted by molar-refractivity contribution is 0.0952. The summed E-state index contributed by atoms with van der Waals surface area (Å²) in [7, 11) is 1.62. The van der Waals surface area contributed by atoms with Crippen molar-refractivity contribution < 1.29 is 14.3 Å². The van der Waals surface area contributed by atoms with E-state index in [2.05, 4.69) is 32.4 Å². The van der Waals surface area contributed by atoms with Gasteiger partial charge in [-0.1, -0.05) is 12.1 Å². The van der Waals surface area contributed by atoms with Gasteiger partial charge >= 0.3 is 0 Å². The topological polar surface area (TPSA) is 65.4 Å². The van der Waals surface area contributed by atoms with Gasteiger partial charge in [0.1, 0.15) is 18.1 Å². The van der Waals surface area contributed by atoms with Crippen molar-refractivity contribution >= 4 is 21.8 Å². The largest absolute Gasteiger partial charge is 0.496 e. The molecule has 1 aromatic heterocycles. The molecule has 0 fully saturated rings. The summed E-state index contributed by atoms with van der Waals surface area (Å²) < 4.78 is 14.5. The number of hydrogen-bond acceptors (Lipinski definition) is 4. The van der Waals surface area contributed by atoms with Crippen LogP contribution < -0.4 is 14.8 Å². The van der Waals surface area contributed by atoms with Gasteiger partial charge in [-0.2, -0.15) is 5.10 Å². The van der Waals surface area contributed by atoms with Crippen molar-refractivity contribution in [2.45, 2.75) is 47.3 Å². The number of aromatic nitrogens is 2. The maximum Gasteiger partial charge on any atom is 0.251 e. The monoisotopic (exact) mass is 499 g/mol. The van der Waals surface area contributed by atoms with Crippen LogP contribution in [-0.2, 0) is 13.2 Å². The molecule has 0 radical (unpaired) electrons. The van der Waals surface area contributed by atoms with Crippen molar-refractivity contribution in [1.29, 1.82) is 0 Å². The van der Waals surface area contributed by atoms with Gasteiger partial charge in [-0.05, 0) is 85.4 Å². The normalized spacial score (nSPS) is 10.8. The summed E-state index contributed by atoms with van der Waals surface area (Å²) in [6.45, 7) is 9.68. The Morgan fingerprint density at radius 2 is 1.88 bits per heavy atom. The number of amides is 1. The van der Waals surface area contributed by atoms with E-state index in [4.69, 9.17) is 9.47 Å². The maximum atomic E-state index is 12.7. The molecule has 1 heterocycles. The van der Waals surface area contributed by atoms with Gasteiger partial charge in [0.2, 0.25) is 0 Å². The van der Waals surface area contributed by atoms with Gasteiger partial charge in [-0.25, -0.2) is 0 Å². The number of rotatable bonds is 9. The minimum absolute atomic E-state index is 0.116. The van der Waals surface area contributed by atoms with Crippen LogP contribution in [0.1, 0.15) is 44.9 Å². The highest BCUT2D eigenvalue weighted by atomic mass is 79.9. The van der Waals surface area contributed by atoms with Crippen molar-refractivity contribution in [1.82, 2.24) is 15.1 Å². The number of hydrogen-bond donors (Lipinski definition) is 1. The smallest absolute Gasteiger partial charge is 0.251 e. The third kappa shape index (κ3) is 5.71. The molecule has 0 saturated carbocycles. The molecule has 0 atom stereocenters. The van der Waals surface area contributed by atoms with Gasteiger partial charge < -0.3 is 14.8 Å². The first-order valence-corrected chi connectivity index (χ1v) is 11.4. The number of nitrogens with zero attached hydrogens (tertiary/aromatic N) is 2. The minimum Gasteiger partial charge on any atom is -0.496 e. The summed E-state index contributed by atoms with van der Waals surface area (Å²) in [5, 5.41) is 7.49. The summed E-state index contributed by atoms with van der Waals surface area (Å²) in [4.78, 5) is 12.7. The Morgan fingerprint density at radius 1 is 1.09 bits per heavy atom. The van der Waals surface area contributed by atoms with Crippen LogP contribution in [0.2, 0.25) is 0 Å². The van der Waals surface area contributed by atoms with Gasteiger partial charge in [0.15, 0.2) is 0 Å². The first kappa shape index (κ1) is 23.9. The van der Waals surface area contributed by atoms with Crippen molar-refractivity contribution in [3.63, 3.8) is 0 Å². The highest BCUT2D eigenvalue weighted by Crippen LogP contribution is 2.25. The molecule has 0 unspecified atom stereocenters. The lowest BCUT2D eigenvalue weighted by atomic mass is 10.1. The van der Waals surface area contributed by atoms with Crippen LogP contribution in [0.5, 0.6) is 11.5 Å². The molecule has 1 amide bonds. The van der Waals surface area contributed by atoms with Crippen molar-refractivity contribution in [3.05, 3.63) is 74.5 Å². The van der Waals surface area contributed by atoms with Gasteiger partial charge in [0, 0.05) is 29.9 Å². The average Bonchev–Trinajstić information content (AvgIpc) is 3.03. The van der Waals surface area contributed by atoms with Crippen LogP contribution >= 0.6 is 15.9 Å². The SMILES string of the molecule is COc1ccc(C(=O)NCCCn2nc(C)c(Br)c2C)cc1COc1cc(C)ccc1C. The predicted octanol–water partition coefficient (Wildman–Crippen LogP) is 5.29. The molecule has 6 nitrogen and oxygen atoms in total. The Kier molecular flexibility index (Phi) is 7.96. The second-order valence-electron chi connectivity index (χ2n) is 7.90. The number of carbonyl (C=O) groups excluding carboxylic acids is 1. The van der Waals surface area contributed by atoms with Crippen LogP contribution in [-0.4, -0.2) is 29.3 Å². The Morgan fingerprint density at radius 3 is 2.56 bits per heavy atom. The zero-order valence-electron chi connectivity index (χ0n) is 19.3. The third-order valence-electron chi connectivity index (χ3n) is 5.39. The van der Waals surface area contributed by atoms with E-state index < -0.39 is 0 Å². The summed E-state index contributed by atoms with van der Waals surface area (Å²) in [5.41, 5.74) is 5.68. The highest BCUT2D eigenvalue weighted by molar-refractivity contribution is 9.10. The summed E-state index contributed by atoms with van der Waals surface area (Å²) in [5.74, 6) is 1.41. The van der Waals surface area contributed by atoms with E-state index in [0.717, 1.165) is 51.3 Å². The fourth-order valence-electron chi connectivity index (χ4n) is 3.48. The highest BCUT2D eigenvalue weighted by Gasteiger charge is 2.12. The molecule has 0 aliphatic carbocycles. The number of benzene rings is 2. The molecule has 170 valence electrons. The van der Waals surface area contributed by atoms with Crippen molar-refractivity contribution in [2.24, 2.45) is 0 Å². The third-order valence-corrected chi connectivity index (χ3v) is 6.54. The Labute approximate surface area is 198 Å². The summed E-state index contributed by atoms with van der Waals surface area (Å²) in [6, 6.07) is 11.5. The second-order valence-corrected chi connectivity index (χ2v) is 8.69. The molecule has 32 heavy (non-hydrogen) atoms. The van der Waals surface area contributed by atoms with Crippen LogP contribution in [0.3, 0.4) is 0 Å². The van der Waals surface area contributed by atoms with E-state index in [1.165, 1.54) is 0 Å². The quantitative estimate of drug-likeness (QED) is 0.406. The second kappa shape index (κ2) is 10.7. The maximum absolute atomic E-state index is 12.7. The average molecular weight is 500 g/mol. The Hall–Kier alpha value is -2.80. The number of ether oxygens (including phenoxy) is 2. The van der Waals surface area contributed by atoms with E-state index in [-0.39, 0.29) is 5.91 Å². The van der Waals surface area contributed by atoms with Crippen molar-refractivity contribution in [3.8, 4) is 11.5 Å². The van der Waals surface area contributed by atoms with Crippen LogP contribution in [0.25, 0.3) is 0 Å². The molecule has 2 aromatic carbocycles. The number of carbonyl (C=O) groups is 1. The lowest BCUT2D eigenvalue weighted by Gasteiger charge is -2.14. The van der Waals surface area contributed by atoms with E-state index in [1.807, 2.05) is 56.6 Å². The molecule has 0 aliphatic heterocycles. The standard InChI is InChI=1S/C25H30BrN3O3/c1-16-7-8-17(2)23(13-16)32-15-21-14-20(9-10-22(21)31-5)25(30)27-11-6-12-29-19(4)24(26)18(3)28-29/h7-10,13-14H,6,11-12,15H2,1-5H3,(H,27,30). The van der Waals surface area contributed by atoms with Gasteiger partial charge in [0.25, 0.3) is 5.91 Å². The fraction of sp³-hybridized carbons (Fsp3) is 0.360. The number of nitrogens with one attached hydrogen (secondary N) is 1. The molecule has 0 aliphatic rings. The molecule has 1 N–H and O–H groups in total. The van der Waals surface area contributed by atoms with Gasteiger partial charge in [-0.15, -0.1) is 0 Å². The molecular weight excluding hydrogens is 470 g/mol. The van der Waals surface area contributed by atoms with E-state index in [1.54, 1.807) is 13.2 Å². The first-order valence-electron chi connectivity index (χ1n) is 10.6. The van der Waals surface area contributed by atoms with E-state index in [0.29, 0.717) is 24.5 Å². The molecule has 7 heteroatoms.